The van der Waals surface area contributed by atoms with Gasteiger partial charge in [-0.05, 0) is 17.7 Å². The minimum absolute atomic E-state index is 0.256. The number of carbonyl (C=O) groups is 1. The molecule has 12 nitrogen and oxygen atoms in total. The Morgan fingerprint density at radius 2 is 1.55 bits per heavy atom. The first-order valence-corrected chi connectivity index (χ1v) is 10.3. The fourth-order valence-electron chi connectivity index (χ4n) is 3.69. The fraction of sp³-hybridized carbons (Fsp3) is 0.571. The van der Waals surface area contributed by atoms with Gasteiger partial charge in [-0.25, -0.2) is 0 Å². The van der Waals surface area contributed by atoms with Gasteiger partial charge < -0.3 is 55.3 Å². The van der Waals surface area contributed by atoms with Crippen molar-refractivity contribution in [2.24, 2.45) is 0 Å². The van der Waals surface area contributed by atoms with Crippen molar-refractivity contribution in [2.45, 2.75) is 61.3 Å². The molecule has 3 rings (SSSR count). The average molecular weight is 471 g/mol. The number of aliphatic hydroxyl groups excluding tert-OH is 7. The molecular weight excluding hydrogens is 442 g/mol. The van der Waals surface area contributed by atoms with Crippen molar-refractivity contribution in [3.05, 3.63) is 42.0 Å². The second-order valence-corrected chi connectivity index (χ2v) is 7.86. The van der Waals surface area contributed by atoms with E-state index < -0.39 is 80.5 Å². The topological polar surface area (TPSA) is 198 Å². The van der Waals surface area contributed by atoms with Crippen LogP contribution in [0, 0.1) is 0 Å². The highest BCUT2D eigenvalue weighted by atomic mass is 16.7. The van der Waals surface area contributed by atoms with Crippen LogP contribution >= 0.6 is 0 Å². The molecule has 0 aromatic heterocycles. The van der Waals surface area contributed by atoms with Crippen LogP contribution in [0.3, 0.4) is 0 Å². The van der Waals surface area contributed by atoms with Gasteiger partial charge in [0.1, 0.15) is 48.8 Å². The van der Waals surface area contributed by atoms with Crippen LogP contribution in [-0.4, -0.2) is 116 Å². The van der Waals surface area contributed by atoms with Gasteiger partial charge in [-0.2, -0.15) is 0 Å². The summed E-state index contributed by atoms with van der Waals surface area (Å²) in [6.07, 6.45) is -13.9. The van der Waals surface area contributed by atoms with Crippen LogP contribution in [0.2, 0.25) is 0 Å². The Balaban J connectivity index is 1.69. The lowest BCUT2D eigenvalue weighted by molar-refractivity contribution is -0.342. The summed E-state index contributed by atoms with van der Waals surface area (Å²) in [7, 11) is 0. The van der Waals surface area contributed by atoms with Gasteiger partial charge in [0, 0.05) is 5.56 Å². The van der Waals surface area contributed by atoms with Gasteiger partial charge in [-0.1, -0.05) is 24.8 Å². The number of carbonyl (C=O) groups excluding carboxylic acids is 1. The summed E-state index contributed by atoms with van der Waals surface area (Å²) in [4.78, 5) is 12.5. The maximum Gasteiger partial charge on any atom is 0.253 e. The van der Waals surface area contributed by atoms with E-state index in [9.17, 15) is 40.5 Å². The second kappa shape index (κ2) is 11.0. The monoisotopic (exact) mass is 471 g/mol. The molecule has 10 atom stereocenters. The third-order valence-electron chi connectivity index (χ3n) is 5.69. The molecule has 0 aliphatic carbocycles. The van der Waals surface area contributed by atoms with E-state index in [-0.39, 0.29) is 5.56 Å². The molecule has 8 N–H and O–H groups in total. The number of hydrogen-bond donors (Lipinski definition) is 8. The lowest BCUT2D eigenvalue weighted by atomic mass is 9.96. The number of amides is 1. The van der Waals surface area contributed by atoms with Crippen molar-refractivity contribution in [3.8, 4) is 0 Å². The molecule has 2 saturated heterocycles. The highest BCUT2D eigenvalue weighted by Crippen LogP contribution is 2.28. The molecule has 0 radical (unpaired) electrons. The summed E-state index contributed by atoms with van der Waals surface area (Å²) in [5.41, 5.74) is 1.05. The maximum atomic E-state index is 12.5. The van der Waals surface area contributed by atoms with Crippen molar-refractivity contribution < 1.29 is 54.8 Å². The Bertz CT molecular complexity index is 802. The summed E-state index contributed by atoms with van der Waals surface area (Å²) >= 11 is 0. The van der Waals surface area contributed by atoms with E-state index in [1.54, 1.807) is 18.2 Å². The van der Waals surface area contributed by atoms with Crippen LogP contribution in [0.5, 0.6) is 0 Å². The molecule has 1 aromatic carbocycles. The summed E-state index contributed by atoms with van der Waals surface area (Å²) in [6, 6.07) is 6.39. The van der Waals surface area contributed by atoms with Crippen LogP contribution in [0.25, 0.3) is 6.08 Å². The van der Waals surface area contributed by atoms with E-state index in [2.05, 4.69) is 11.9 Å². The fourth-order valence-corrected chi connectivity index (χ4v) is 3.69. The summed E-state index contributed by atoms with van der Waals surface area (Å²) in [5.74, 6) is -0.605. The van der Waals surface area contributed by atoms with Crippen LogP contribution in [0.1, 0.15) is 15.9 Å². The van der Waals surface area contributed by atoms with E-state index in [4.69, 9.17) is 14.2 Å². The Morgan fingerprint density at radius 3 is 2.12 bits per heavy atom. The molecule has 33 heavy (non-hydrogen) atoms. The zero-order valence-corrected chi connectivity index (χ0v) is 17.5. The minimum atomic E-state index is -1.76. The van der Waals surface area contributed by atoms with E-state index in [1.807, 2.05) is 0 Å². The third-order valence-corrected chi connectivity index (χ3v) is 5.69. The summed E-state index contributed by atoms with van der Waals surface area (Å²) in [6.45, 7) is 2.23. The number of rotatable bonds is 7. The van der Waals surface area contributed by atoms with Crippen molar-refractivity contribution >= 4 is 12.0 Å². The van der Waals surface area contributed by atoms with E-state index in [1.165, 1.54) is 12.1 Å². The van der Waals surface area contributed by atoms with Crippen LogP contribution in [-0.2, 0) is 14.2 Å². The molecular formula is C21H29NO11. The first-order valence-electron chi connectivity index (χ1n) is 10.3. The predicted octanol–water partition coefficient (Wildman–Crippen LogP) is -3.32. The molecule has 2 aliphatic rings. The zero-order chi connectivity index (χ0) is 24.3. The number of ether oxygens (including phenoxy) is 3. The molecule has 2 aliphatic heterocycles. The van der Waals surface area contributed by atoms with Gasteiger partial charge >= 0.3 is 0 Å². The second-order valence-electron chi connectivity index (χ2n) is 7.86. The first-order chi connectivity index (χ1) is 15.7. The Labute approximate surface area is 189 Å². The Morgan fingerprint density at radius 1 is 0.909 bits per heavy atom. The highest BCUT2D eigenvalue weighted by Gasteiger charge is 2.50. The predicted molar refractivity (Wildman–Crippen MR) is 110 cm³/mol. The molecule has 2 fully saturated rings. The summed E-state index contributed by atoms with van der Waals surface area (Å²) in [5, 5.41) is 72.4. The van der Waals surface area contributed by atoms with Gasteiger partial charge in [-0.3, -0.25) is 4.79 Å². The van der Waals surface area contributed by atoms with Crippen molar-refractivity contribution in [3.63, 3.8) is 0 Å². The number of benzene rings is 1. The SMILES string of the molecule is C=Cc1ccc(C(=O)N[C@@H]2O[C@H](CO)[C@@H](O[C@@H]3O[C@H](CO)[C@H](O)[C@H](O)[C@H]3O)[C@H](O)[C@H]2O)cc1. The average Bonchev–Trinajstić information content (AvgIpc) is 2.83. The Hall–Kier alpha value is -1.97. The zero-order valence-electron chi connectivity index (χ0n) is 17.5. The minimum Gasteiger partial charge on any atom is -0.394 e. The van der Waals surface area contributed by atoms with Crippen molar-refractivity contribution in [2.75, 3.05) is 13.2 Å². The number of aliphatic hydroxyl groups is 7. The third kappa shape index (κ3) is 5.41. The largest absolute Gasteiger partial charge is 0.394 e. The maximum absolute atomic E-state index is 12.5. The lowest BCUT2D eigenvalue weighted by Crippen LogP contribution is -2.66. The molecule has 0 saturated carbocycles. The van der Waals surface area contributed by atoms with Crippen molar-refractivity contribution in [1.82, 2.24) is 5.32 Å². The lowest BCUT2D eigenvalue weighted by Gasteiger charge is -2.46. The van der Waals surface area contributed by atoms with Gasteiger partial charge in [-0.15, -0.1) is 0 Å². The van der Waals surface area contributed by atoms with E-state index in [0.29, 0.717) is 0 Å². The summed E-state index contributed by atoms with van der Waals surface area (Å²) < 4.78 is 16.2. The quantitative estimate of drug-likeness (QED) is 0.198. The molecule has 1 amide bonds. The number of nitrogens with one attached hydrogen (secondary N) is 1. The number of hydrogen-bond acceptors (Lipinski definition) is 11. The van der Waals surface area contributed by atoms with E-state index >= 15 is 0 Å². The van der Waals surface area contributed by atoms with Gasteiger partial charge in [0.05, 0.1) is 13.2 Å². The highest BCUT2D eigenvalue weighted by molar-refractivity contribution is 5.94. The Kier molecular flexibility index (Phi) is 8.53. The van der Waals surface area contributed by atoms with Gasteiger partial charge in [0.25, 0.3) is 5.91 Å². The molecule has 0 bridgehead atoms. The van der Waals surface area contributed by atoms with Crippen LogP contribution in [0.4, 0.5) is 0 Å². The smallest absolute Gasteiger partial charge is 0.253 e. The van der Waals surface area contributed by atoms with E-state index in [0.717, 1.165) is 5.56 Å². The first kappa shape index (κ1) is 25.6. The molecule has 0 spiro atoms. The standard InChI is InChI=1S/C21H29NO11/c1-2-9-3-5-10(6-4-9)19(30)22-20-16(28)15(27)18(12(8-24)31-20)33-21-17(29)14(26)13(25)11(7-23)32-21/h2-6,11-18,20-21,23-29H,1,7-8H2,(H,22,30)/t11-,12-,13+,14+,15-,16-,17-,18-,20-,21+/m1/s1. The van der Waals surface area contributed by atoms with Crippen LogP contribution in [0.15, 0.2) is 30.8 Å². The molecule has 184 valence electrons. The molecule has 2 heterocycles. The normalized spacial score (nSPS) is 39.1. The van der Waals surface area contributed by atoms with Gasteiger partial charge in [0.2, 0.25) is 0 Å². The van der Waals surface area contributed by atoms with Gasteiger partial charge in [0.15, 0.2) is 12.5 Å². The van der Waals surface area contributed by atoms with Crippen LogP contribution < -0.4 is 5.32 Å². The molecule has 1 aromatic rings. The van der Waals surface area contributed by atoms with Crippen molar-refractivity contribution in [1.29, 1.82) is 0 Å². The molecule has 0 unspecified atom stereocenters. The molecule has 12 heteroatoms.